The standard InChI is InChI=1S/C24H33N3O6S/c1-16-13-25-17(2)15-33-22-10-9-18(11-21(22)24(28)27(3)14-23(16)32-5)26-34(29,30)20-8-6-7-19(12-20)31-4/h6-12,16-17,23,25-26H,13-15H2,1-5H3/t16-,17+,23-/m1/s1. The van der Waals surface area contributed by atoms with E-state index in [-0.39, 0.29) is 40.1 Å². The highest BCUT2D eigenvalue weighted by Gasteiger charge is 2.26. The van der Waals surface area contributed by atoms with E-state index in [0.29, 0.717) is 24.7 Å². The van der Waals surface area contributed by atoms with Crippen LogP contribution in [-0.4, -0.2) is 72.3 Å². The fourth-order valence-corrected chi connectivity index (χ4v) is 4.79. The van der Waals surface area contributed by atoms with Crippen molar-refractivity contribution < 1.29 is 27.4 Å². The highest BCUT2D eigenvalue weighted by Crippen LogP contribution is 2.27. The topological polar surface area (TPSA) is 106 Å². The van der Waals surface area contributed by atoms with Crippen molar-refractivity contribution >= 4 is 21.6 Å². The number of carbonyl (C=O) groups is 1. The van der Waals surface area contributed by atoms with Crippen LogP contribution < -0.4 is 19.5 Å². The first-order valence-electron chi connectivity index (χ1n) is 11.1. The van der Waals surface area contributed by atoms with Crippen LogP contribution in [0.25, 0.3) is 0 Å². The van der Waals surface area contributed by atoms with E-state index in [1.807, 2.05) is 6.92 Å². The molecule has 1 heterocycles. The molecular formula is C24H33N3O6S. The van der Waals surface area contributed by atoms with E-state index in [1.165, 1.54) is 25.3 Å². The van der Waals surface area contributed by atoms with Crippen LogP contribution in [0.5, 0.6) is 11.5 Å². The van der Waals surface area contributed by atoms with Crippen molar-refractivity contribution in [3.63, 3.8) is 0 Å². The zero-order chi connectivity index (χ0) is 24.9. The van der Waals surface area contributed by atoms with Gasteiger partial charge in [0.15, 0.2) is 0 Å². The summed E-state index contributed by atoms with van der Waals surface area (Å²) in [5.74, 6) is 0.697. The summed E-state index contributed by atoms with van der Waals surface area (Å²) in [5.41, 5.74) is 0.519. The molecular weight excluding hydrogens is 458 g/mol. The van der Waals surface area contributed by atoms with Gasteiger partial charge < -0.3 is 24.4 Å². The summed E-state index contributed by atoms with van der Waals surface area (Å²) in [4.78, 5) is 15.0. The molecule has 34 heavy (non-hydrogen) atoms. The summed E-state index contributed by atoms with van der Waals surface area (Å²) < 4.78 is 45.1. The molecule has 1 amide bonds. The Bertz CT molecular complexity index is 1110. The Hall–Kier alpha value is -2.82. The Balaban J connectivity index is 1.94. The summed E-state index contributed by atoms with van der Waals surface area (Å²) in [6, 6.07) is 10.9. The lowest BCUT2D eigenvalue weighted by Gasteiger charge is -2.30. The van der Waals surface area contributed by atoms with Crippen LogP contribution >= 0.6 is 0 Å². The number of nitrogens with one attached hydrogen (secondary N) is 2. The van der Waals surface area contributed by atoms with E-state index in [4.69, 9.17) is 14.2 Å². The highest BCUT2D eigenvalue weighted by molar-refractivity contribution is 7.92. The number of hydrogen-bond donors (Lipinski definition) is 2. The Morgan fingerprint density at radius 2 is 1.91 bits per heavy atom. The third kappa shape index (κ3) is 6.19. The average molecular weight is 492 g/mol. The van der Waals surface area contributed by atoms with E-state index >= 15 is 0 Å². The molecule has 0 fully saturated rings. The SMILES string of the molecule is COc1cccc(S(=O)(=O)Nc2ccc3c(c2)C(=O)N(C)C[C@@H](OC)[C@H](C)CN[C@@H](C)CO3)c1. The number of methoxy groups -OCH3 is 2. The molecule has 0 saturated heterocycles. The molecule has 3 rings (SSSR count). The van der Waals surface area contributed by atoms with Crippen LogP contribution in [0.15, 0.2) is 47.4 Å². The predicted octanol–water partition coefficient (Wildman–Crippen LogP) is 2.59. The van der Waals surface area contributed by atoms with E-state index in [9.17, 15) is 13.2 Å². The number of nitrogens with zero attached hydrogens (tertiary/aromatic N) is 1. The van der Waals surface area contributed by atoms with Crippen molar-refractivity contribution in [3.8, 4) is 11.5 Å². The van der Waals surface area contributed by atoms with Crippen molar-refractivity contribution in [1.82, 2.24) is 10.2 Å². The van der Waals surface area contributed by atoms with Crippen LogP contribution in [0.3, 0.4) is 0 Å². The van der Waals surface area contributed by atoms with Gasteiger partial charge >= 0.3 is 0 Å². The van der Waals surface area contributed by atoms with Crippen molar-refractivity contribution in [1.29, 1.82) is 0 Å². The first kappa shape index (κ1) is 25.8. The molecule has 1 aliphatic heterocycles. The Labute approximate surface area is 201 Å². The quantitative estimate of drug-likeness (QED) is 0.662. The van der Waals surface area contributed by atoms with Gasteiger partial charge in [0.05, 0.1) is 23.7 Å². The van der Waals surface area contributed by atoms with E-state index in [2.05, 4.69) is 17.0 Å². The van der Waals surface area contributed by atoms with Crippen LogP contribution in [0.2, 0.25) is 0 Å². The molecule has 2 aromatic rings. The van der Waals surface area contributed by atoms with Gasteiger partial charge in [-0.2, -0.15) is 0 Å². The van der Waals surface area contributed by atoms with Crippen LogP contribution in [0, 0.1) is 5.92 Å². The second-order valence-corrected chi connectivity index (χ2v) is 10.2. The van der Waals surface area contributed by atoms with Gasteiger partial charge in [-0.3, -0.25) is 9.52 Å². The van der Waals surface area contributed by atoms with Crippen LogP contribution in [0.1, 0.15) is 24.2 Å². The van der Waals surface area contributed by atoms with Crippen molar-refractivity contribution in [2.45, 2.75) is 30.9 Å². The lowest BCUT2D eigenvalue weighted by molar-refractivity contribution is 0.0281. The molecule has 0 unspecified atom stereocenters. The molecule has 10 heteroatoms. The third-order valence-electron chi connectivity index (χ3n) is 5.83. The van der Waals surface area contributed by atoms with Gasteiger partial charge in [0.1, 0.15) is 18.1 Å². The summed E-state index contributed by atoms with van der Waals surface area (Å²) in [6.07, 6.45) is -0.160. The van der Waals surface area contributed by atoms with Crippen molar-refractivity contribution in [2.75, 3.05) is 45.7 Å². The maximum atomic E-state index is 13.4. The minimum atomic E-state index is -3.90. The molecule has 9 nitrogen and oxygen atoms in total. The Morgan fingerprint density at radius 3 is 2.62 bits per heavy atom. The summed E-state index contributed by atoms with van der Waals surface area (Å²) in [6.45, 7) is 5.53. The van der Waals surface area contributed by atoms with Gasteiger partial charge in [0.2, 0.25) is 0 Å². The number of hydrogen-bond acceptors (Lipinski definition) is 7. The smallest absolute Gasteiger partial charge is 0.262 e. The average Bonchev–Trinajstić information content (AvgIpc) is 2.83. The minimum absolute atomic E-state index is 0.0475. The Kier molecular flexibility index (Phi) is 8.40. The number of amides is 1. The van der Waals surface area contributed by atoms with Crippen LogP contribution in [0.4, 0.5) is 5.69 Å². The number of rotatable bonds is 5. The lowest BCUT2D eigenvalue weighted by Crippen LogP contribution is -2.44. The number of ether oxygens (including phenoxy) is 3. The third-order valence-corrected chi connectivity index (χ3v) is 7.21. The summed E-state index contributed by atoms with van der Waals surface area (Å²) >= 11 is 0. The largest absolute Gasteiger partial charge is 0.497 e. The van der Waals surface area contributed by atoms with Crippen molar-refractivity contribution in [2.24, 2.45) is 5.92 Å². The fourth-order valence-electron chi connectivity index (χ4n) is 3.71. The van der Waals surface area contributed by atoms with Gasteiger partial charge in [-0.25, -0.2) is 8.42 Å². The van der Waals surface area contributed by atoms with Crippen molar-refractivity contribution in [3.05, 3.63) is 48.0 Å². The lowest BCUT2D eigenvalue weighted by atomic mass is 10.0. The zero-order valence-electron chi connectivity index (χ0n) is 20.2. The Morgan fingerprint density at radius 1 is 1.15 bits per heavy atom. The molecule has 3 atom stereocenters. The highest BCUT2D eigenvalue weighted by atomic mass is 32.2. The predicted molar refractivity (Wildman–Crippen MR) is 130 cm³/mol. The molecule has 0 bridgehead atoms. The second kappa shape index (κ2) is 11.1. The molecule has 0 spiro atoms. The van der Waals surface area contributed by atoms with Gasteiger partial charge in [-0.1, -0.05) is 13.0 Å². The maximum absolute atomic E-state index is 13.4. The fraction of sp³-hybridized carbons (Fsp3) is 0.458. The van der Waals surface area contributed by atoms with Gasteiger partial charge in [0.25, 0.3) is 15.9 Å². The second-order valence-electron chi connectivity index (χ2n) is 8.55. The van der Waals surface area contributed by atoms with Gasteiger partial charge in [0, 0.05) is 45.0 Å². The number of sulfonamides is 1. The summed E-state index contributed by atoms with van der Waals surface area (Å²) in [7, 11) is 0.901. The first-order chi connectivity index (χ1) is 16.1. The van der Waals surface area contributed by atoms with Gasteiger partial charge in [-0.15, -0.1) is 0 Å². The number of likely N-dealkylation sites (N-methyl/N-ethyl adjacent to an activating group) is 1. The molecule has 0 aromatic heterocycles. The van der Waals surface area contributed by atoms with Crippen LogP contribution in [-0.2, 0) is 14.8 Å². The molecule has 0 aliphatic carbocycles. The van der Waals surface area contributed by atoms with E-state index < -0.39 is 10.0 Å². The molecule has 0 radical (unpaired) electrons. The molecule has 2 aromatic carbocycles. The molecule has 186 valence electrons. The monoisotopic (exact) mass is 491 g/mol. The van der Waals surface area contributed by atoms with E-state index in [0.717, 1.165) is 6.54 Å². The molecule has 0 saturated carbocycles. The number of anilines is 1. The number of carbonyl (C=O) groups excluding carboxylic acids is 1. The first-order valence-corrected chi connectivity index (χ1v) is 12.6. The zero-order valence-corrected chi connectivity index (χ0v) is 21.0. The van der Waals surface area contributed by atoms with E-state index in [1.54, 1.807) is 43.3 Å². The van der Waals surface area contributed by atoms with Gasteiger partial charge in [-0.05, 0) is 43.2 Å². The molecule has 2 N–H and O–H groups in total. The minimum Gasteiger partial charge on any atom is -0.497 e. The normalized spacial score (nSPS) is 22.1. The summed E-state index contributed by atoms with van der Waals surface area (Å²) in [5, 5.41) is 3.43. The number of benzene rings is 2. The number of fused-ring (bicyclic) bond motifs is 1. The maximum Gasteiger partial charge on any atom is 0.262 e. The molecule has 1 aliphatic rings.